The normalized spacial score (nSPS) is 14.5. The van der Waals surface area contributed by atoms with Crippen LogP contribution in [-0.2, 0) is 0 Å². The van der Waals surface area contributed by atoms with Gasteiger partial charge >= 0.3 is 11.8 Å². The third-order valence-corrected chi connectivity index (χ3v) is 6.65. The van der Waals surface area contributed by atoms with Crippen LogP contribution in [0, 0.1) is 0 Å². The van der Waals surface area contributed by atoms with Gasteiger partial charge in [-0.05, 0) is 5.56 Å². The Morgan fingerprint density at radius 3 is 1.96 bits per heavy atom. The molecule has 0 bridgehead atoms. The van der Waals surface area contributed by atoms with E-state index in [0.717, 1.165) is 18.8 Å². The van der Waals surface area contributed by atoms with Crippen LogP contribution in [0.5, 0.6) is 0 Å². The second-order valence-electron chi connectivity index (χ2n) is 6.07. The van der Waals surface area contributed by atoms with Gasteiger partial charge in [-0.3, -0.25) is 0 Å². The summed E-state index contributed by atoms with van der Waals surface area (Å²) in [6.45, 7) is 3.17. The van der Waals surface area contributed by atoms with Crippen molar-refractivity contribution in [3.05, 3.63) is 41.6 Å². The highest BCUT2D eigenvalue weighted by Gasteiger charge is 2.75. The lowest BCUT2D eigenvalue weighted by atomic mass is 10.1. The van der Waals surface area contributed by atoms with Crippen LogP contribution in [0.1, 0.15) is 25.3 Å². The summed E-state index contributed by atoms with van der Waals surface area (Å²) in [5.74, 6) is -10.1. The van der Waals surface area contributed by atoms with Gasteiger partial charge in [0.1, 0.15) is 0 Å². The summed E-state index contributed by atoms with van der Waals surface area (Å²) >= 11 is 0. The molecule has 0 radical (unpaired) electrons. The van der Waals surface area contributed by atoms with Gasteiger partial charge in [0.15, 0.2) is 8.07 Å². The van der Waals surface area contributed by atoms with Crippen molar-refractivity contribution in [1.82, 2.24) is 0 Å². The van der Waals surface area contributed by atoms with Gasteiger partial charge in [-0.1, -0.05) is 68.5 Å². The molecule has 0 heterocycles. The monoisotopic (exact) mass is 354 g/mol. The van der Waals surface area contributed by atoms with E-state index in [1.165, 1.54) is 13.0 Å². The Morgan fingerprint density at radius 2 is 1.48 bits per heavy atom. The maximum absolute atomic E-state index is 14.3. The van der Waals surface area contributed by atoms with Crippen LogP contribution in [0.3, 0.4) is 0 Å². The van der Waals surface area contributed by atoms with E-state index in [9.17, 15) is 26.3 Å². The molecule has 1 rings (SSSR count). The summed E-state index contributed by atoms with van der Waals surface area (Å²) in [5, 5.41) is 0. The molecule has 0 amide bonds. The molecule has 0 unspecified atom stereocenters. The van der Waals surface area contributed by atoms with E-state index in [2.05, 4.69) is 0 Å². The van der Waals surface area contributed by atoms with Crippen molar-refractivity contribution in [2.75, 3.05) is 0 Å². The Balaban J connectivity index is 3.15. The zero-order chi connectivity index (χ0) is 17.9. The van der Waals surface area contributed by atoms with E-state index in [0.29, 0.717) is 5.56 Å². The Hall–Kier alpha value is -1.24. The molecule has 1 aromatic carbocycles. The van der Waals surface area contributed by atoms with Crippen LogP contribution in [0.15, 0.2) is 36.0 Å². The maximum Gasteiger partial charge on any atom is 0.368 e. The van der Waals surface area contributed by atoms with Gasteiger partial charge in [-0.2, -0.15) is 17.6 Å². The smallest absolute Gasteiger partial charge is 0.204 e. The highest BCUT2D eigenvalue weighted by atomic mass is 28.3. The SMILES string of the molecule is CCCC(F)(F)C(F)(F)C(F)(F)[Si](C)(C)C=Cc1ccccc1. The molecule has 0 saturated heterocycles. The molecule has 0 atom stereocenters. The minimum atomic E-state index is -5.38. The fourth-order valence-corrected chi connectivity index (χ4v) is 3.89. The number of alkyl halides is 6. The predicted molar refractivity (Wildman–Crippen MR) is 82.7 cm³/mol. The van der Waals surface area contributed by atoms with Crippen molar-refractivity contribution < 1.29 is 26.3 Å². The standard InChI is InChI=1S/C16H20F6Si/c1-4-11-14(17,18)15(19,20)16(21,22)23(2,3)12-10-13-8-6-5-7-9-13/h5-10,12H,4,11H2,1-3H3. The molecule has 130 valence electrons. The van der Waals surface area contributed by atoms with E-state index in [1.54, 1.807) is 30.3 Å². The molecule has 0 nitrogen and oxygen atoms in total. The number of benzene rings is 1. The molecule has 23 heavy (non-hydrogen) atoms. The molecule has 0 aliphatic rings. The predicted octanol–water partition coefficient (Wildman–Crippen LogP) is 6.19. The van der Waals surface area contributed by atoms with E-state index in [1.807, 2.05) is 0 Å². The minimum absolute atomic E-state index is 0.305. The number of hydrogen-bond donors (Lipinski definition) is 0. The van der Waals surface area contributed by atoms with Gasteiger partial charge < -0.3 is 0 Å². The summed E-state index contributed by atoms with van der Waals surface area (Å²) in [4.78, 5) is 0. The molecule has 0 saturated carbocycles. The van der Waals surface area contributed by atoms with E-state index in [-0.39, 0.29) is 6.42 Å². The number of halogens is 6. The first kappa shape index (κ1) is 19.8. The van der Waals surface area contributed by atoms with Crippen molar-refractivity contribution in [2.24, 2.45) is 0 Å². The Morgan fingerprint density at radius 1 is 0.957 bits per heavy atom. The zero-order valence-corrected chi connectivity index (χ0v) is 14.2. The summed E-state index contributed by atoms with van der Waals surface area (Å²) in [7, 11) is -4.13. The van der Waals surface area contributed by atoms with E-state index >= 15 is 0 Å². The van der Waals surface area contributed by atoms with Gasteiger partial charge in [-0.25, -0.2) is 8.78 Å². The summed E-state index contributed by atoms with van der Waals surface area (Å²) in [6, 6.07) is 8.27. The average molecular weight is 354 g/mol. The van der Waals surface area contributed by atoms with Crippen LogP contribution < -0.4 is 0 Å². The number of hydrogen-bond acceptors (Lipinski definition) is 0. The zero-order valence-electron chi connectivity index (χ0n) is 13.2. The molecule has 0 aliphatic heterocycles. The van der Waals surface area contributed by atoms with Crippen LogP contribution in [-0.4, -0.2) is 25.5 Å². The van der Waals surface area contributed by atoms with Gasteiger partial charge in [-0.15, -0.1) is 0 Å². The second-order valence-corrected chi connectivity index (χ2v) is 10.5. The lowest BCUT2D eigenvalue weighted by molar-refractivity contribution is -0.285. The summed E-state index contributed by atoms with van der Waals surface area (Å²) < 4.78 is 83.5. The van der Waals surface area contributed by atoms with E-state index < -0.39 is 31.9 Å². The highest BCUT2D eigenvalue weighted by molar-refractivity contribution is 6.85. The summed E-state index contributed by atoms with van der Waals surface area (Å²) in [6.07, 6.45) is -0.294. The topological polar surface area (TPSA) is 0 Å². The lowest BCUT2D eigenvalue weighted by Gasteiger charge is -2.39. The van der Waals surface area contributed by atoms with Gasteiger partial charge in [0.25, 0.3) is 5.55 Å². The minimum Gasteiger partial charge on any atom is -0.204 e. The van der Waals surface area contributed by atoms with Crippen LogP contribution in [0.4, 0.5) is 26.3 Å². The fraction of sp³-hybridized carbons (Fsp3) is 0.500. The Bertz CT molecular complexity index is 537. The first-order valence-electron chi connectivity index (χ1n) is 7.27. The fourth-order valence-electron chi connectivity index (χ4n) is 2.08. The molecule has 1 aromatic rings. The van der Waals surface area contributed by atoms with Crippen molar-refractivity contribution in [3.8, 4) is 0 Å². The lowest BCUT2D eigenvalue weighted by Crippen LogP contribution is -2.65. The second kappa shape index (κ2) is 6.71. The first-order chi connectivity index (χ1) is 10.4. The third kappa shape index (κ3) is 3.81. The van der Waals surface area contributed by atoms with Crippen molar-refractivity contribution in [1.29, 1.82) is 0 Å². The molecule has 0 aliphatic carbocycles. The highest BCUT2D eigenvalue weighted by Crippen LogP contribution is 2.51. The van der Waals surface area contributed by atoms with E-state index in [4.69, 9.17) is 0 Å². The maximum atomic E-state index is 14.3. The van der Waals surface area contributed by atoms with Crippen molar-refractivity contribution >= 4 is 14.1 Å². The van der Waals surface area contributed by atoms with Gasteiger partial charge in [0, 0.05) is 6.42 Å². The Kier molecular flexibility index (Phi) is 5.77. The van der Waals surface area contributed by atoms with Crippen LogP contribution in [0.2, 0.25) is 13.1 Å². The van der Waals surface area contributed by atoms with Gasteiger partial charge in [0.2, 0.25) is 0 Å². The Labute approximate surface area is 133 Å². The first-order valence-corrected chi connectivity index (χ1v) is 10.3. The third-order valence-electron chi connectivity index (χ3n) is 3.72. The average Bonchev–Trinajstić information content (AvgIpc) is 2.45. The molecular weight excluding hydrogens is 334 g/mol. The van der Waals surface area contributed by atoms with Crippen molar-refractivity contribution in [3.63, 3.8) is 0 Å². The van der Waals surface area contributed by atoms with Crippen LogP contribution in [0.25, 0.3) is 6.08 Å². The molecule has 7 heteroatoms. The van der Waals surface area contributed by atoms with Crippen molar-refractivity contribution in [2.45, 2.75) is 50.3 Å². The quantitative estimate of drug-likeness (QED) is 0.404. The molecule has 0 aromatic heterocycles. The van der Waals surface area contributed by atoms with Gasteiger partial charge in [0.05, 0.1) is 0 Å². The molecule has 0 spiro atoms. The molecule has 0 N–H and O–H groups in total. The largest absolute Gasteiger partial charge is 0.368 e. The molecular formula is C16H20F6Si. The molecule has 0 fully saturated rings. The van der Waals surface area contributed by atoms with Crippen LogP contribution >= 0.6 is 0 Å². The number of rotatable bonds is 7. The summed E-state index contributed by atoms with van der Waals surface area (Å²) in [5.41, 5.74) is -3.24.